The first-order valence-corrected chi connectivity index (χ1v) is 12.7. The third kappa shape index (κ3) is 8.71. The van der Waals surface area contributed by atoms with E-state index < -0.39 is 36.0 Å². The molecule has 1 aromatic heterocycles. The Kier molecular flexibility index (Phi) is 11.9. The number of carboxylic acids is 1. The number of aliphatic carboxylic acids is 1. The van der Waals surface area contributed by atoms with Crippen LogP contribution in [0.25, 0.3) is 5.69 Å². The summed E-state index contributed by atoms with van der Waals surface area (Å²) < 4.78 is 15.3. The summed E-state index contributed by atoms with van der Waals surface area (Å²) in [6.45, 7) is 7.71. The molecule has 0 bridgehead atoms. The molecule has 8 nitrogen and oxygen atoms in total. The predicted molar refractivity (Wildman–Crippen MR) is 143 cm³/mol. The molecule has 4 N–H and O–H groups in total. The molecular formula is C29H37FN3NaO5. The van der Waals surface area contributed by atoms with Crippen molar-refractivity contribution in [2.24, 2.45) is 0 Å². The number of hydrogen-bond acceptors (Lipinski definition) is 5. The van der Waals surface area contributed by atoms with Crippen LogP contribution in [0.4, 0.5) is 4.39 Å². The minimum atomic E-state index is -1.17. The average molecular weight is 550 g/mol. The van der Waals surface area contributed by atoms with Gasteiger partial charge in [0.15, 0.2) is 5.69 Å². The zero-order valence-corrected chi connectivity index (χ0v) is 25.2. The predicted octanol–water partition coefficient (Wildman–Crippen LogP) is 1.44. The van der Waals surface area contributed by atoms with E-state index in [0.29, 0.717) is 23.4 Å². The molecule has 2 atom stereocenters. The molecule has 3 aromatic rings. The fraction of sp³-hybridized carbons (Fsp3) is 0.414. The first-order chi connectivity index (χ1) is 17.9. The average Bonchev–Trinajstić information content (AvgIpc) is 3.23. The molecule has 0 fully saturated rings. The molecule has 206 valence electrons. The van der Waals surface area contributed by atoms with Crippen LogP contribution in [0.15, 0.2) is 54.6 Å². The summed E-state index contributed by atoms with van der Waals surface area (Å²) in [5.74, 6) is -2.01. The van der Waals surface area contributed by atoms with E-state index >= 15 is 0 Å². The number of aliphatic hydroxyl groups is 2. The van der Waals surface area contributed by atoms with E-state index in [1.165, 1.54) is 12.1 Å². The van der Waals surface area contributed by atoms with Gasteiger partial charge in [0, 0.05) is 11.3 Å². The van der Waals surface area contributed by atoms with Crippen LogP contribution in [-0.2, 0) is 16.8 Å². The van der Waals surface area contributed by atoms with Crippen LogP contribution < -0.4 is 34.9 Å². The van der Waals surface area contributed by atoms with Crippen LogP contribution in [0.2, 0.25) is 0 Å². The number of aromatic nitrogens is 2. The van der Waals surface area contributed by atoms with E-state index in [-0.39, 0.29) is 61.3 Å². The molecule has 0 aliphatic rings. The molecule has 1 amide bonds. The van der Waals surface area contributed by atoms with Gasteiger partial charge in [0.1, 0.15) is 5.82 Å². The molecule has 0 unspecified atom stereocenters. The maximum Gasteiger partial charge on any atom is 1.00 e. The van der Waals surface area contributed by atoms with E-state index in [4.69, 9.17) is 5.11 Å². The number of rotatable bonds is 12. The monoisotopic (exact) mass is 549 g/mol. The SMILES string of the molecule is CC(C)c1c(C(=O)NC(C)(C)c2ccccc2)nn(-c2ccc(F)cc2)c1CC[C@@H](O)C[C@@H](O)CC(=O)O.[H-].[Na+]. The van der Waals surface area contributed by atoms with Gasteiger partial charge in [0.2, 0.25) is 0 Å². The Hall–Kier alpha value is -2.56. The standard InChI is InChI=1S/C29H36FN3O5.Na.H/c1-18(2)26-24(15-14-22(34)16-23(35)17-25(36)37)33(21-12-10-20(30)11-13-21)32-27(26)28(38)31-29(3,4)19-8-6-5-7-9-19;;/h5-13,18,22-23,34-35H,14-17H2,1-4H3,(H,31,38)(H,36,37);;/q;+1;-1/t22-,23-;;/m1../s1. The quantitative estimate of drug-likeness (QED) is 0.254. The Morgan fingerprint density at radius 1 is 1.05 bits per heavy atom. The van der Waals surface area contributed by atoms with Crippen LogP contribution >= 0.6 is 0 Å². The number of benzene rings is 2. The van der Waals surface area contributed by atoms with Crippen molar-refractivity contribution in [2.45, 2.75) is 77.0 Å². The number of nitrogens with zero attached hydrogens (tertiary/aromatic N) is 2. The molecule has 0 saturated carbocycles. The molecule has 10 heteroatoms. The first kappa shape index (κ1) is 32.7. The number of amides is 1. The van der Waals surface area contributed by atoms with E-state index in [1.807, 2.05) is 58.0 Å². The second kappa shape index (κ2) is 14.2. The van der Waals surface area contributed by atoms with Gasteiger partial charge < -0.3 is 22.1 Å². The number of nitrogens with one attached hydrogen (secondary N) is 1. The van der Waals surface area contributed by atoms with E-state index in [9.17, 15) is 24.2 Å². The van der Waals surface area contributed by atoms with Gasteiger partial charge in [0.05, 0.1) is 29.9 Å². The van der Waals surface area contributed by atoms with E-state index in [1.54, 1.807) is 16.8 Å². The fourth-order valence-corrected chi connectivity index (χ4v) is 4.57. The topological polar surface area (TPSA) is 125 Å². The van der Waals surface area contributed by atoms with Crippen molar-refractivity contribution in [3.8, 4) is 5.69 Å². The van der Waals surface area contributed by atoms with Gasteiger partial charge in [-0.25, -0.2) is 9.07 Å². The minimum Gasteiger partial charge on any atom is -1.00 e. The number of aliphatic hydroxyl groups excluding tert-OH is 2. The maximum atomic E-state index is 13.7. The van der Waals surface area contributed by atoms with Crippen LogP contribution in [0.1, 0.15) is 81.6 Å². The van der Waals surface area contributed by atoms with Crippen molar-refractivity contribution in [1.29, 1.82) is 0 Å². The summed E-state index contributed by atoms with van der Waals surface area (Å²) in [7, 11) is 0. The molecule has 3 rings (SSSR count). The molecule has 39 heavy (non-hydrogen) atoms. The van der Waals surface area contributed by atoms with Crippen molar-refractivity contribution in [2.75, 3.05) is 0 Å². The number of hydrogen-bond donors (Lipinski definition) is 4. The fourth-order valence-electron chi connectivity index (χ4n) is 4.57. The summed E-state index contributed by atoms with van der Waals surface area (Å²) >= 11 is 0. The minimum absolute atomic E-state index is 0. The first-order valence-electron chi connectivity index (χ1n) is 12.7. The molecular weight excluding hydrogens is 512 g/mol. The summed E-state index contributed by atoms with van der Waals surface area (Å²) in [5, 5.41) is 37.0. The smallest absolute Gasteiger partial charge is 1.00 e. The van der Waals surface area contributed by atoms with Crippen molar-refractivity contribution in [1.82, 2.24) is 15.1 Å². The van der Waals surface area contributed by atoms with Crippen LogP contribution in [0, 0.1) is 5.82 Å². The molecule has 0 aliphatic heterocycles. The van der Waals surface area contributed by atoms with E-state index in [0.717, 1.165) is 5.56 Å². The summed E-state index contributed by atoms with van der Waals surface area (Å²) in [6.07, 6.45) is -2.17. The molecule has 0 aliphatic carbocycles. The third-order valence-corrected chi connectivity index (χ3v) is 6.48. The van der Waals surface area contributed by atoms with Crippen LogP contribution in [0.5, 0.6) is 0 Å². The van der Waals surface area contributed by atoms with Gasteiger partial charge in [-0.1, -0.05) is 44.2 Å². The molecule has 0 spiro atoms. The molecule has 1 heterocycles. The number of carbonyl (C=O) groups excluding carboxylic acids is 1. The normalized spacial score (nSPS) is 13.0. The van der Waals surface area contributed by atoms with Gasteiger partial charge in [-0.3, -0.25) is 9.59 Å². The van der Waals surface area contributed by atoms with Gasteiger partial charge in [-0.2, -0.15) is 5.10 Å². The maximum absolute atomic E-state index is 13.7. The van der Waals surface area contributed by atoms with Crippen molar-refractivity contribution < 1.29 is 60.3 Å². The zero-order chi connectivity index (χ0) is 28.0. The zero-order valence-electron chi connectivity index (χ0n) is 24.2. The van der Waals surface area contributed by atoms with E-state index in [2.05, 4.69) is 10.4 Å². The summed E-state index contributed by atoms with van der Waals surface area (Å²) in [5.41, 5.74) is 2.44. The molecule has 0 saturated heterocycles. The summed E-state index contributed by atoms with van der Waals surface area (Å²) in [6, 6.07) is 15.3. The van der Waals surface area contributed by atoms with Crippen molar-refractivity contribution in [3.63, 3.8) is 0 Å². The van der Waals surface area contributed by atoms with Crippen molar-refractivity contribution >= 4 is 11.9 Å². The molecule has 2 aromatic carbocycles. The second-order valence-corrected chi connectivity index (χ2v) is 10.4. The van der Waals surface area contributed by atoms with Gasteiger partial charge in [-0.05, 0) is 68.9 Å². The Labute approximate surface area is 252 Å². The number of halogens is 1. The Morgan fingerprint density at radius 3 is 2.23 bits per heavy atom. The number of carboxylic acid groups (broad SMARTS) is 1. The van der Waals surface area contributed by atoms with Gasteiger partial charge >= 0.3 is 35.5 Å². The van der Waals surface area contributed by atoms with Crippen LogP contribution in [-0.4, -0.2) is 49.2 Å². The summed E-state index contributed by atoms with van der Waals surface area (Å²) in [4.78, 5) is 24.5. The Bertz CT molecular complexity index is 1250. The van der Waals surface area contributed by atoms with Gasteiger partial charge in [-0.15, -0.1) is 0 Å². The van der Waals surface area contributed by atoms with Crippen LogP contribution in [0.3, 0.4) is 0 Å². The Balaban J connectivity index is 0.00000400. The second-order valence-electron chi connectivity index (χ2n) is 10.4. The number of carbonyl (C=O) groups is 2. The van der Waals surface area contributed by atoms with Crippen molar-refractivity contribution in [3.05, 3.63) is 82.9 Å². The largest absolute Gasteiger partial charge is 1.00 e. The Morgan fingerprint density at radius 2 is 1.67 bits per heavy atom. The van der Waals surface area contributed by atoms with Gasteiger partial charge in [0.25, 0.3) is 5.91 Å². The third-order valence-electron chi connectivity index (χ3n) is 6.48. The molecule has 0 radical (unpaired) electrons.